The fraction of sp³-hybridized carbons (Fsp3) is 0.417. The number of carboxylic acid groups (broad SMARTS) is 1. The lowest BCUT2D eigenvalue weighted by molar-refractivity contribution is 0.0697. The molecule has 1 heterocycles. The normalized spacial score (nSPS) is 17.2. The van der Waals surface area contributed by atoms with Gasteiger partial charge in [-0.2, -0.15) is 0 Å². The number of aromatic nitrogens is 3. The second-order valence-electron chi connectivity index (χ2n) is 4.62. The molecule has 0 aliphatic heterocycles. The molecule has 1 aromatic heterocycles. The summed E-state index contributed by atoms with van der Waals surface area (Å²) < 4.78 is 1.90. The summed E-state index contributed by atoms with van der Waals surface area (Å²) in [5, 5.41) is 17.1. The van der Waals surface area contributed by atoms with Gasteiger partial charge in [0, 0.05) is 0 Å². The first-order chi connectivity index (χ1) is 8.16. The molecule has 0 saturated heterocycles. The summed E-state index contributed by atoms with van der Waals surface area (Å²) >= 11 is 0. The van der Waals surface area contributed by atoms with Crippen LogP contribution in [0.2, 0.25) is 0 Å². The molecule has 17 heavy (non-hydrogen) atoms. The molecule has 1 saturated carbocycles. The van der Waals surface area contributed by atoms with Crippen LogP contribution in [-0.4, -0.2) is 26.1 Å². The molecular weight excluding hydrogens is 218 g/mol. The summed E-state index contributed by atoms with van der Waals surface area (Å²) in [6.45, 7) is 2.14. The van der Waals surface area contributed by atoms with Gasteiger partial charge in [0.05, 0.1) is 17.1 Å². The topological polar surface area (TPSA) is 68.0 Å². The third kappa shape index (κ3) is 1.67. The highest BCUT2D eigenvalue weighted by Crippen LogP contribution is 2.39. The number of hydrogen-bond acceptors (Lipinski definition) is 3. The summed E-state index contributed by atoms with van der Waals surface area (Å²) in [6.07, 6.45) is 2.49. The van der Waals surface area contributed by atoms with Crippen LogP contribution in [0.3, 0.4) is 0 Å². The van der Waals surface area contributed by atoms with Crippen molar-refractivity contribution in [2.75, 3.05) is 0 Å². The van der Waals surface area contributed by atoms with Crippen LogP contribution in [0, 0.1) is 5.92 Å². The first-order valence-corrected chi connectivity index (χ1v) is 5.75. The third-order valence-electron chi connectivity index (χ3n) is 3.41. The van der Waals surface area contributed by atoms with Gasteiger partial charge in [0.15, 0.2) is 0 Å². The Morgan fingerprint density at radius 2 is 2.29 bits per heavy atom. The SMILES string of the molecule is CC(C1CC1)n1nnc2cc(C(=O)O)ccc21. The zero-order valence-corrected chi connectivity index (χ0v) is 9.50. The van der Waals surface area contributed by atoms with E-state index in [9.17, 15) is 4.79 Å². The van der Waals surface area contributed by atoms with Crippen molar-refractivity contribution in [2.45, 2.75) is 25.8 Å². The molecule has 2 aromatic rings. The molecule has 1 aromatic carbocycles. The average molecular weight is 231 g/mol. The van der Waals surface area contributed by atoms with E-state index in [-0.39, 0.29) is 5.56 Å². The Morgan fingerprint density at radius 3 is 2.94 bits per heavy atom. The summed E-state index contributed by atoms with van der Waals surface area (Å²) in [4.78, 5) is 10.8. The van der Waals surface area contributed by atoms with E-state index in [4.69, 9.17) is 5.11 Å². The zero-order valence-electron chi connectivity index (χ0n) is 9.50. The second kappa shape index (κ2) is 3.55. The third-order valence-corrected chi connectivity index (χ3v) is 3.41. The molecule has 3 rings (SSSR count). The number of aromatic carboxylic acids is 1. The van der Waals surface area contributed by atoms with Gasteiger partial charge in [-0.25, -0.2) is 9.48 Å². The van der Waals surface area contributed by atoms with E-state index in [0.29, 0.717) is 17.5 Å². The largest absolute Gasteiger partial charge is 0.478 e. The highest BCUT2D eigenvalue weighted by atomic mass is 16.4. The fourth-order valence-electron chi connectivity index (χ4n) is 2.15. The summed E-state index contributed by atoms with van der Waals surface area (Å²) in [7, 11) is 0. The molecule has 5 nitrogen and oxygen atoms in total. The molecule has 1 aliphatic carbocycles. The first-order valence-electron chi connectivity index (χ1n) is 5.75. The molecule has 1 aliphatic rings. The molecule has 0 spiro atoms. The van der Waals surface area contributed by atoms with Crippen LogP contribution in [0.15, 0.2) is 18.2 Å². The van der Waals surface area contributed by atoms with Crippen LogP contribution >= 0.6 is 0 Å². The van der Waals surface area contributed by atoms with Gasteiger partial charge in [-0.15, -0.1) is 5.10 Å². The number of benzene rings is 1. The average Bonchev–Trinajstić information content (AvgIpc) is 3.07. The van der Waals surface area contributed by atoms with Crippen LogP contribution in [0.1, 0.15) is 36.2 Å². The van der Waals surface area contributed by atoms with Gasteiger partial charge in [0.25, 0.3) is 0 Å². The number of fused-ring (bicyclic) bond motifs is 1. The van der Waals surface area contributed by atoms with E-state index >= 15 is 0 Å². The lowest BCUT2D eigenvalue weighted by atomic mass is 10.2. The summed E-state index contributed by atoms with van der Waals surface area (Å²) in [5.41, 5.74) is 1.82. The molecule has 0 radical (unpaired) electrons. The van der Waals surface area contributed by atoms with Crippen molar-refractivity contribution in [3.8, 4) is 0 Å². The van der Waals surface area contributed by atoms with Crippen LogP contribution < -0.4 is 0 Å². The maximum Gasteiger partial charge on any atom is 0.335 e. The van der Waals surface area contributed by atoms with Crippen LogP contribution in [-0.2, 0) is 0 Å². The number of nitrogens with zero attached hydrogens (tertiary/aromatic N) is 3. The zero-order chi connectivity index (χ0) is 12.0. The maximum atomic E-state index is 10.8. The Hall–Kier alpha value is -1.91. The van der Waals surface area contributed by atoms with Crippen molar-refractivity contribution >= 4 is 17.0 Å². The fourth-order valence-corrected chi connectivity index (χ4v) is 2.15. The minimum Gasteiger partial charge on any atom is -0.478 e. The Labute approximate surface area is 98.0 Å². The Kier molecular flexibility index (Phi) is 2.14. The van der Waals surface area contributed by atoms with Gasteiger partial charge in [0.2, 0.25) is 0 Å². The molecule has 1 N–H and O–H groups in total. The highest BCUT2D eigenvalue weighted by molar-refractivity contribution is 5.92. The van der Waals surface area contributed by atoms with Crippen molar-refractivity contribution in [3.63, 3.8) is 0 Å². The lowest BCUT2D eigenvalue weighted by Crippen LogP contribution is -2.08. The Balaban J connectivity index is 2.07. The quantitative estimate of drug-likeness (QED) is 0.878. The number of carbonyl (C=O) groups is 1. The Morgan fingerprint density at radius 1 is 1.53 bits per heavy atom. The van der Waals surface area contributed by atoms with Gasteiger partial charge < -0.3 is 5.11 Å². The molecule has 0 bridgehead atoms. The van der Waals surface area contributed by atoms with E-state index in [1.807, 2.05) is 4.68 Å². The van der Waals surface area contributed by atoms with E-state index in [0.717, 1.165) is 5.52 Å². The molecule has 5 heteroatoms. The standard InChI is InChI=1S/C12H13N3O2/c1-7(8-2-3-8)15-11-5-4-9(12(16)17)6-10(11)13-14-15/h4-8H,2-3H2,1H3,(H,16,17). The van der Waals surface area contributed by atoms with Gasteiger partial charge in [0.1, 0.15) is 5.52 Å². The predicted octanol–water partition coefficient (Wildman–Crippen LogP) is 2.10. The monoisotopic (exact) mass is 231 g/mol. The molecular formula is C12H13N3O2. The molecule has 1 fully saturated rings. The molecule has 88 valence electrons. The van der Waals surface area contributed by atoms with E-state index in [1.54, 1.807) is 18.2 Å². The molecule has 1 unspecified atom stereocenters. The van der Waals surface area contributed by atoms with Crippen LogP contribution in [0.5, 0.6) is 0 Å². The predicted molar refractivity (Wildman–Crippen MR) is 61.9 cm³/mol. The summed E-state index contributed by atoms with van der Waals surface area (Å²) in [6, 6.07) is 5.30. The van der Waals surface area contributed by atoms with Crippen molar-refractivity contribution < 1.29 is 9.90 Å². The minimum atomic E-state index is -0.934. The van der Waals surface area contributed by atoms with Gasteiger partial charge in [-0.1, -0.05) is 5.21 Å². The van der Waals surface area contributed by atoms with E-state index in [2.05, 4.69) is 17.2 Å². The van der Waals surface area contributed by atoms with Crippen molar-refractivity contribution in [3.05, 3.63) is 23.8 Å². The highest BCUT2D eigenvalue weighted by Gasteiger charge is 2.30. The molecule has 0 amide bonds. The second-order valence-corrected chi connectivity index (χ2v) is 4.62. The van der Waals surface area contributed by atoms with Crippen molar-refractivity contribution in [1.82, 2.24) is 15.0 Å². The smallest absolute Gasteiger partial charge is 0.335 e. The lowest BCUT2D eigenvalue weighted by Gasteiger charge is -2.10. The van der Waals surface area contributed by atoms with Crippen LogP contribution in [0.25, 0.3) is 11.0 Å². The maximum absolute atomic E-state index is 10.8. The van der Waals surface area contributed by atoms with Gasteiger partial charge >= 0.3 is 5.97 Å². The van der Waals surface area contributed by atoms with Crippen molar-refractivity contribution in [1.29, 1.82) is 0 Å². The minimum absolute atomic E-state index is 0.253. The summed E-state index contributed by atoms with van der Waals surface area (Å²) in [5.74, 6) is -0.240. The first kappa shape index (κ1) is 10.3. The van der Waals surface area contributed by atoms with E-state index in [1.165, 1.54) is 12.8 Å². The van der Waals surface area contributed by atoms with Crippen molar-refractivity contribution in [2.24, 2.45) is 5.92 Å². The van der Waals surface area contributed by atoms with E-state index < -0.39 is 5.97 Å². The number of hydrogen-bond donors (Lipinski definition) is 1. The molecule has 1 atom stereocenters. The van der Waals surface area contributed by atoms with Gasteiger partial charge in [-0.05, 0) is 43.9 Å². The number of rotatable bonds is 3. The number of carboxylic acids is 1. The van der Waals surface area contributed by atoms with Crippen LogP contribution in [0.4, 0.5) is 0 Å². The Bertz CT molecular complexity index is 586. The van der Waals surface area contributed by atoms with Gasteiger partial charge in [-0.3, -0.25) is 0 Å².